The lowest BCUT2D eigenvalue weighted by atomic mass is 9.94. The lowest BCUT2D eigenvalue weighted by Crippen LogP contribution is -2.24. The highest BCUT2D eigenvalue weighted by Crippen LogP contribution is 2.37. The predicted molar refractivity (Wildman–Crippen MR) is 73.8 cm³/mol. The van der Waals surface area contributed by atoms with E-state index < -0.39 is 0 Å². The molecule has 0 amide bonds. The summed E-state index contributed by atoms with van der Waals surface area (Å²) in [6.07, 6.45) is 4.76. The number of nitrogens with one attached hydrogen (secondary N) is 1. The summed E-state index contributed by atoms with van der Waals surface area (Å²) in [5.41, 5.74) is 1.51. The van der Waals surface area contributed by atoms with Crippen molar-refractivity contribution in [3.8, 4) is 11.8 Å². The van der Waals surface area contributed by atoms with Crippen molar-refractivity contribution in [3.05, 3.63) is 20.3 Å². The highest BCUT2D eigenvalue weighted by Gasteiger charge is 2.21. The number of halogens is 1. The summed E-state index contributed by atoms with van der Waals surface area (Å²) in [5.74, 6) is 6.03. The van der Waals surface area contributed by atoms with Crippen LogP contribution < -0.4 is 5.32 Å². The van der Waals surface area contributed by atoms with Gasteiger partial charge in [0.2, 0.25) is 0 Å². The van der Waals surface area contributed by atoms with Gasteiger partial charge in [-0.05, 0) is 53.7 Å². The maximum atomic E-state index is 3.61. The van der Waals surface area contributed by atoms with Crippen LogP contribution in [0.15, 0.2) is 9.85 Å². The Bertz CT molecular complexity index is 413. The van der Waals surface area contributed by atoms with Crippen LogP contribution in [0.3, 0.4) is 0 Å². The van der Waals surface area contributed by atoms with Gasteiger partial charge in [-0.3, -0.25) is 0 Å². The van der Waals surface area contributed by atoms with Crippen LogP contribution in [0, 0.1) is 11.8 Å². The van der Waals surface area contributed by atoms with Crippen molar-refractivity contribution < 1.29 is 0 Å². The SMILES string of the molecule is CC#CCCNC1CCCc2sc(Br)cc21. The van der Waals surface area contributed by atoms with Crippen molar-refractivity contribution in [3.63, 3.8) is 0 Å². The quantitative estimate of drug-likeness (QED) is 0.659. The smallest absolute Gasteiger partial charge is 0.0704 e. The maximum absolute atomic E-state index is 3.61. The van der Waals surface area contributed by atoms with Gasteiger partial charge in [-0.25, -0.2) is 0 Å². The highest BCUT2D eigenvalue weighted by molar-refractivity contribution is 9.11. The molecule has 1 atom stereocenters. The second-order valence-electron chi connectivity index (χ2n) is 4.00. The Labute approximate surface area is 110 Å². The van der Waals surface area contributed by atoms with Crippen LogP contribution in [0.25, 0.3) is 0 Å². The minimum Gasteiger partial charge on any atom is -0.309 e. The molecule has 1 aliphatic carbocycles. The zero-order valence-corrected chi connectivity index (χ0v) is 11.9. The van der Waals surface area contributed by atoms with E-state index in [4.69, 9.17) is 0 Å². The second kappa shape index (κ2) is 5.86. The van der Waals surface area contributed by atoms with Gasteiger partial charge in [0.25, 0.3) is 0 Å². The fraction of sp³-hybridized carbons (Fsp3) is 0.538. The molecule has 86 valence electrons. The largest absolute Gasteiger partial charge is 0.309 e. The molecule has 1 nitrogen and oxygen atoms in total. The predicted octanol–water partition coefficient (Wildman–Crippen LogP) is 3.89. The summed E-state index contributed by atoms with van der Waals surface area (Å²) in [4.78, 5) is 1.55. The number of hydrogen-bond donors (Lipinski definition) is 1. The van der Waals surface area contributed by atoms with Gasteiger partial charge in [0.15, 0.2) is 0 Å². The topological polar surface area (TPSA) is 12.0 Å². The zero-order valence-electron chi connectivity index (χ0n) is 9.48. The van der Waals surface area contributed by atoms with Crippen molar-refractivity contribution in [2.24, 2.45) is 0 Å². The second-order valence-corrected chi connectivity index (χ2v) is 6.52. The highest BCUT2D eigenvalue weighted by atomic mass is 79.9. The minimum absolute atomic E-state index is 0.546. The van der Waals surface area contributed by atoms with Crippen LogP contribution in [-0.4, -0.2) is 6.54 Å². The van der Waals surface area contributed by atoms with Crippen molar-refractivity contribution in [1.82, 2.24) is 5.32 Å². The average molecular weight is 298 g/mol. The zero-order chi connectivity index (χ0) is 11.4. The molecular weight excluding hydrogens is 282 g/mol. The van der Waals surface area contributed by atoms with Crippen LogP contribution in [0.2, 0.25) is 0 Å². The van der Waals surface area contributed by atoms with Gasteiger partial charge in [0.05, 0.1) is 3.79 Å². The Balaban J connectivity index is 1.97. The van der Waals surface area contributed by atoms with Gasteiger partial charge >= 0.3 is 0 Å². The van der Waals surface area contributed by atoms with E-state index >= 15 is 0 Å². The van der Waals surface area contributed by atoms with E-state index in [2.05, 4.69) is 39.2 Å². The monoisotopic (exact) mass is 297 g/mol. The van der Waals surface area contributed by atoms with Gasteiger partial charge in [-0.2, -0.15) is 0 Å². The van der Waals surface area contributed by atoms with Crippen LogP contribution in [-0.2, 0) is 6.42 Å². The third-order valence-electron chi connectivity index (χ3n) is 2.90. The Morgan fingerprint density at radius 3 is 3.31 bits per heavy atom. The van der Waals surface area contributed by atoms with Gasteiger partial charge < -0.3 is 5.32 Å². The molecule has 1 aliphatic rings. The first-order valence-corrected chi connectivity index (χ1v) is 7.33. The van der Waals surface area contributed by atoms with Crippen LogP contribution >= 0.6 is 27.3 Å². The van der Waals surface area contributed by atoms with Crippen LogP contribution in [0.5, 0.6) is 0 Å². The average Bonchev–Trinajstić information content (AvgIpc) is 2.65. The van der Waals surface area contributed by atoms with E-state index in [1.54, 1.807) is 4.88 Å². The number of thiophene rings is 1. The Morgan fingerprint density at radius 2 is 2.50 bits per heavy atom. The Kier molecular flexibility index (Phi) is 4.45. The van der Waals surface area contributed by atoms with Gasteiger partial charge in [-0.1, -0.05) is 0 Å². The number of fused-ring (bicyclic) bond motifs is 1. The van der Waals surface area contributed by atoms with E-state index in [1.807, 2.05) is 18.3 Å². The lowest BCUT2D eigenvalue weighted by Gasteiger charge is -2.23. The van der Waals surface area contributed by atoms with Gasteiger partial charge in [0.1, 0.15) is 0 Å². The summed E-state index contributed by atoms with van der Waals surface area (Å²) in [6, 6.07) is 2.83. The standard InChI is InChI=1S/C13H16BrNS/c1-2-3-4-8-15-11-6-5-7-12-10(11)9-13(14)16-12/h9,11,15H,4-8H2,1H3. The van der Waals surface area contributed by atoms with Crippen molar-refractivity contribution in [1.29, 1.82) is 0 Å². The molecule has 0 saturated heterocycles. The molecule has 1 unspecified atom stereocenters. The fourth-order valence-corrected chi connectivity index (χ4v) is 3.99. The Hall–Kier alpha value is -0.300. The summed E-state index contributed by atoms with van der Waals surface area (Å²) >= 11 is 5.47. The molecule has 0 aromatic carbocycles. The molecule has 0 aliphatic heterocycles. The molecule has 0 saturated carbocycles. The summed E-state index contributed by atoms with van der Waals surface area (Å²) in [5, 5.41) is 3.61. The van der Waals surface area contributed by atoms with Crippen molar-refractivity contribution >= 4 is 27.3 Å². The lowest BCUT2D eigenvalue weighted by molar-refractivity contribution is 0.470. The summed E-state index contributed by atoms with van der Waals surface area (Å²) < 4.78 is 1.26. The van der Waals surface area contributed by atoms with Crippen LogP contribution in [0.4, 0.5) is 0 Å². The fourth-order valence-electron chi connectivity index (χ4n) is 2.17. The maximum Gasteiger partial charge on any atom is 0.0704 e. The number of aryl methyl sites for hydroxylation is 1. The first kappa shape index (κ1) is 12.2. The third-order valence-corrected chi connectivity index (χ3v) is 4.61. The molecule has 0 spiro atoms. The molecule has 0 radical (unpaired) electrons. The van der Waals surface area contributed by atoms with E-state index in [1.165, 1.54) is 28.6 Å². The molecular formula is C13H16BrNS. The summed E-state index contributed by atoms with van der Waals surface area (Å²) in [7, 11) is 0. The first-order chi connectivity index (χ1) is 7.81. The van der Waals surface area contributed by atoms with E-state index in [0.29, 0.717) is 6.04 Å². The molecule has 3 heteroatoms. The van der Waals surface area contributed by atoms with Gasteiger partial charge in [0, 0.05) is 23.9 Å². The summed E-state index contributed by atoms with van der Waals surface area (Å²) in [6.45, 7) is 2.90. The molecule has 1 heterocycles. The molecule has 1 aromatic rings. The van der Waals surface area contributed by atoms with E-state index in [0.717, 1.165) is 13.0 Å². The third kappa shape index (κ3) is 2.88. The minimum atomic E-state index is 0.546. The molecule has 16 heavy (non-hydrogen) atoms. The molecule has 0 bridgehead atoms. The number of rotatable bonds is 3. The number of hydrogen-bond acceptors (Lipinski definition) is 2. The molecule has 1 aromatic heterocycles. The normalized spacial score (nSPS) is 18.8. The van der Waals surface area contributed by atoms with Crippen molar-refractivity contribution in [2.45, 2.75) is 38.6 Å². The van der Waals surface area contributed by atoms with E-state index in [-0.39, 0.29) is 0 Å². The van der Waals surface area contributed by atoms with Crippen molar-refractivity contribution in [2.75, 3.05) is 6.54 Å². The van der Waals surface area contributed by atoms with E-state index in [9.17, 15) is 0 Å². The van der Waals surface area contributed by atoms with Gasteiger partial charge in [-0.15, -0.1) is 23.2 Å². The molecule has 2 rings (SSSR count). The molecule has 0 fully saturated rings. The molecule has 1 N–H and O–H groups in total. The first-order valence-electron chi connectivity index (χ1n) is 5.72. The van der Waals surface area contributed by atoms with Crippen LogP contribution in [0.1, 0.15) is 42.7 Å². The Morgan fingerprint density at radius 1 is 1.62 bits per heavy atom.